The molecule has 1 aromatic rings. The summed E-state index contributed by atoms with van der Waals surface area (Å²) in [5, 5.41) is 21.0. The first-order valence-corrected chi connectivity index (χ1v) is 7.25. The van der Waals surface area contributed by atoms with Gasteiger partial charge in [0, 0.05) is 5.30 Å². The number of benzene rings is 1. The van der Waals surface area contributed by atoms with Crippen molar-refractivity contribution in [1.82, 2.24) is 0 Å². The predicted molar refractivity (Wildman–Crippen MR) is 62.2 cm³/mol. The van der Waals surface area contributed by atoms with Crippen LogP contribution in [0.2, 0.25) is 0 Å². The molecule has 0 saturated heterocycles. The van der Waals surface area contributed by atoms with E-state index in [0.717, 1.165) is 0 Å². The monoisotopic (exact) mass is 278 g/mol. The van der Waals surface area contributed by atoms with Crippen LogP contribution in [-0.4, -0.2) is 22.2 Å². The van der Waals surface area contributed by atoms with Crippen molar-refractivity contribution < 1.29 is 14.4 Å². The maximum absolute atomic E-state index is 12.0. The highest BCUT2D eigenvalue weighted by Gasteiger charge is 2.41. The van der Waals surface area contributed by atoms with Gasteiger partial charge in [0.25, 0.3) is 0 Å². The number of nitrogens with zero attached hydrogens (tertiary/aromatic N) is 2. The maximum Gasteiger partial charge on any atom is 0.458 e. The molecular weight excluding hydrogens is 271 g/mol. The summed E-state index contributed by atoms with van der Waals surface area (Å²) in [6.45, 7) is -3.62. The van der Waals surface area contributed by atoms with Gasteiger partial charge in [-0.25, -0.2) is 0 Å². The molecule has 0 aliphatic heterocycles. The Balaban J connectivity index is 2.97. The molecule has 1 atom stereocenters. The molecule has 0 aliphatic carbocycles. The van der Waals surface area contributed by atoms with Crippen LogP contribution in [0.3, 0.4) is 0 Å². The van der Waals surface area contributed by atoms with Gasteiger partial charge in [-0.15, -0.1) is 0 Å². The standard InChI is InChI=1S/C8H8ClN2O5P/c9-17(16,7-4-2-1-3-5-7)6-8(10(12)13)11(14)15/h1-5,8H,6H2. The Bertz CT molecular complexity index is 466. The van der Waals surface area contributed by atoms with Crippen LogP contribution < -0.4 is 5.30 Å². The van der Waals surface area contributed by atoms with Crippen molar-refractivity contribution in [1.29, 1.82) is 0 Å². The summed E-state index contributed by atoms with van der Waals surface area (Å²) in [6, 6.07) is 7.60. The fraction of sp³-hybridized carbons (Fsp3) is 0.250. The Labute approximate surface area is 101 Å². The zero-order chi connectivity index (χ0) is 13.1. The SMILES string of the molecule is O=[N+]([O-])C(CP(=O)(Cl)c1ccccc1)[N+](=O)[O-]. The molecular formula is C8H8ClN2O5P. The molecule has 9 heteroatoms. The summed E-state index contributed by atoms with van der Waals surface area (Å²) in [4.78, 5) is 18.7. The van der Waals surface area contributed by atoms with Crippen LogP contribution in [0.5, 0.6) is 0 Å². The Morgan fingerprint density at radius 2 is 1.65 bits per heavy atom. The van der Waals surface area contributed by atoms with Gasteiger partial charge in [-0.2, -0.15) is 0 Å². The lowest BCUT2D eigenvalue weighted by atomic mass is 10.4. The second-order valence-corrected chi connectivity index (χ2v) is 7.04. The van der Waals surface area contributed by atoms with Gasteiger partial charge in [-0.05, 0) is 11.2 Å². The molecule has 0 spiro atoms. The molecule has 0 heterocycles. The summed E-state index contributed by atoms with van der Waals surface area (Å²) < 4.78 is 12.0. The number of nitro groups is 2. The fourth-order valence-corrected chi connectivity index (χ4v) is 3.40. The fourth-order valence-electron chi connectivity index (χ4n) is 1.18. The molecule has 0 amide bonds. The molecule has 92 valence electrons. The van der Waals surface area contributed by atoms with E-state index in [2.05, 4.69) is 0 Å². The maximum atomic E-state index is 12.0. The predicted octanol–water partition coefficient (Wildman–Crippen LogP) is 1.71. The first kappa shape index (κ1) is 13.6. The molecule has 0 N–H and O–H groups in total. The first-order valence-electron chi connectivity index (χ1n) is 4.46. The van der Waals surface area contributed by atoms with Gasteiger partial charge in [-0.3, -0.25) is 20.2 Å². The van der Waals surface area contributed by atoms with E-state index >= 15 is 0 Å². The zero-order valence-electron chi connectivity index (χ0n) is 8.43. The van der Waals surface area contributed by atoms with E-state index in [1.807, 2.05) is 0 Å². The van der Waals surface area contributed by atoms with E-state index < -0.39 is 28.7 Å². The Hall–Kier alpha value is -1.46. The highest BCUT2D eigenvalue weighted by Crippen LogP contribution is 2.50. The normalized spacial score (nSPS) is 14.2. The van der Waals surface area contributed by atoms with Crippen molar-refractivity contribution >= 4 is 23.0 Å². The van der Waals surface area contributed by atoms with Gasteiger partial charge in [0.05, 0.1) is 9.85 Å². The molecule has 1 unspecified atom stereocenters. The van der Waals surface area contributed by atoms with Crippen LogP contribution in [0, 0.1) is 20.2 Å². The van der Waals surface area contributed by atoms with E-state index in [4.69, 9.17) is 11.2 Å². The van der Waals surface area contributed by atoms with Gasteiger partial charge in [-0.1, -0.05) is 30.3 Å². The van der Waals surface area contributed by atoms with Crippen molar-refractivity contribution in [3.63, 3.8) is 0 Å². The second kappa shape index (κ2) is 5.25. The van der Waals surface area contributed by atoms with Crippen LogP contribution in [0.1, 0.15) is 0 Å². The highest BCUT2D eigenvalue weighted by atomic mass is 35.7. The summed E-state index contributed by atoms with van der Waals surface area (Å²) in [7, 11) is 0. The summed E-state index contributed by atoms with van der Waals surface area (Å²) in [6.07, 6.45) is -2.96. The van der Waals surface area contributed by atoms with Gasteiger partial charge in [0.15, 0.2) is 6.16 Å². The lowest BCUT2D eigenvalue weighted by Gasteiger charge is -2.09. The van der Waals surface area contributed by atoms with E-state index in [1.54, 1.807) is 18.2 Å². The molecule has 0 aliphatic rings. The number of hydrogen-bond acceptors (Lipinski definition) is 5. The van der Waals surface area contributed by atoms with Gasteiger partial charge < -0.3 is 4.57 Å². The van der Waals surface area contributed by atoms with Crippen molar-refractivity contribution in [2.45, 2.75) is 6.17 Å². The smallest absolute Gasteiger partial charge is 0.301 e. The van der Waals surface area contributed by atoms with Crippen LogP contribution in [-0.2, 0) is 4.57 Å². The molecule has 1 rings (SSSR count). The van der Waals surface area contributed by atoms with Crippen molar-refractivity contribution in [3.05, 3.63) is 50.6 Å². The third-order valence-electron chi connectivity index (χ3n) is 2.03. The number of hydrogen-bond donors (Lipinski definition) is 0. The van der Waals surface area contributed by atoms with E-state index in [-0.39, 0.29) is 5.30 Å². The van der Waals surface area contributed by atoms with Crippen molar-refractivity contribution in [3.8, 4) is 0 Å². The molecule has 0 fully saturated rings. The average Bonchev–Trinajstić information content (AvgIpc) is 2.26. The molecule has 0 radical (unpaired) electrons. The van der Waals surface area contributed by atoms with Crippen molar-refractivity contribution in [2.75, 3.05) is 6.16 Å². The average molecular weight is 279 g/mol. The topological polar surface area (TPSA) is 103 Å². The third kappa shape index (κ3) is 3.51. The summed E-state index contributed by atoms with van der Waals surface area (Å²) >= 11 is 5.69. The quantitative estimate of drug-likeness (QED) is 0.353. The van der Waals surface area contributed by atoms with Crippen LogP contribution in [0.25, 0.3) is 0 Å². The second-order valence-electron chi connectivity index (χ2n) is 3.22. The van der Waals surface area contributed by atoms with Crippen LogP contribution >= 0.6 is 17.7 Å². The first-order chi connectivity index (χ1) is 7.84. The lowest BCUT2D eigenvalue weighted by Crippen LogP contribution is -2.33. The minimum absolute atomic E-state index is 0.176. The number of halogens is 1. The minimum Gasteiger partial charge on any atom is -0.301 e. The van der Waals surface area contributed by atoms with Crippen molar-refractivity contribution in [2.24, 2.45) is 0 Å². The van der Waals surface area contributed by atoms with Gasteiger partial charge in [0.1, 0.15) is 0 Å². The van der Waals surface area contributed by atoms with Gasteiger partial charge in [0.2, 0.25) is 6.49 Å². The molecule has 7 nitrogen and oxygen atoms in total. The molecule has 1 aromatic carbocycles. The lowest BCUT2D eigenvalue weighted by molar-refractivity contribution is -0.735. The number of rotatable bonds is 5. The zero-order valence-corrected chi connectivity index (χ0v) is 10.1. The third-order valence-corrected chi connectivity index (χ3v) is 4.89. The molecule has 0 aromatic heterocycles. The highest BCUT2D eigenvalue weighted by molar-refractivity contribution is 7.95. The molecule has 0 saturated carbocycles. The van der Waals surface area contributed by atoms with Crippen LogP contribution in [0.15, 0.2) is 30.3 Å². The summed E-state index contributed by atoms with van der Waals surface area (Å²) in [5.41, 5.74) is 0. The Morgan fingerprint density at radius 3 is 2.06 bits per heavy atom. The molecule has 17 heavy (non-hydrogen) atoms. The van der Waals surface area contributed by atoms with Crippen LogP contribution in [0.4, 0.5) is 0 Å². The van der Waals surface area contributed by atoms with E-state index in [0.29, 0.717) is 0 Å². The summed E-state index contributed by atoms with van der Waals surface area (Å²) in [5.74, 6) is 0. The van der Waals surface area contributed by atoms with E-state index in [1.165, 1.54) is 12.1 Å². The van der Waals surface area contributed by atoms with Gasteiger partial charge >= 0.3 is 6.17 Å². The minimum atomic E-state index is -3.62. The van der Waals surface area contributed by atoms with E-state index in [9.17, 15) is 24.8 Å². The largest absolute Gasteiger partial charge is 0.458 e. The Morgan fingerprint density at radius 1 is 1.18 bits per heavy atom. The molecule has 0 bridgehead atoms. The Kier molecular flexibility index (Phi) is 4.20.